The van der Waals surface area contributed by atoms with Crippen LogP contribution in [0.15, 0.2) is 40.1 Å². The first-order chi connectivity index (χ1) is 9.50. The fraction of sp³-hybridized carbons (Fsp3) is 0. The summed E-state index contributed by atoms with van der Waals surface area (Å²) >= 11 is 0. The molecule has 0 aliphatic rings. The van der Waals surface area contributed by atoms with Crippen LogP contribution in [0.5, 0.6) is 0 Å². The summed E-state index contributed by atoms with van der Waals surface area (Å²) in [5.74, 6) is -1.30. The van der Waals surface area contributed by atoms with E-state index in [-0.39, 0.29) is 16.3 Å². The number of benzene rings is 2. The second-order valence-corrected chi connectivity index (χ2v) is 6.92. The van der Waals surface area contributed by atoms with Crippen molar-refractivity contribution in [3.8, 4) is 0 Å². The molecule has 2 rings (SSSR count). The van der Waals surface area contributed by atoms with Crippen LogP contribution >= 0.6 is 0 Å². The van der Waals surface area contributed by atoms with Gasteiger partial charge in [-0.1, -0.05) is 6.07 Å². The summed E-state index contributed by atoms with van der Waals surface area (Å²) in [6.45, 7) is 0. The monoisotopic (exact) mass is 332 g/mol. The molecule has 0 atom stereocenters. The summed E-state index contributed by atoms with van der Waals surface area (Å²) in [6.07, 6.45) is 0. The predicted octanol–water partition coefficient (Wildman–Crippen LogP) is 1.03. The van der Waals surface area contributed by atoms with Gasteiger partial charge in [-0.2, -0.15) is 16.8 Å². The average Bonchev–Trinajstić information content (AvgIpc) is 2.34. The smallest absolute Gasteiger partial charge is 0.335 e. The maximum atomic E-state index is 11.3. The number of carboxylic acids is 1. The molecular formula is C11H8O8S2. The quantitative estimate of drug-likeness (QED) is 0.706. The van der Waals surface area contributed by atoms with Crippen LogP contribution in [0.4, 0.5) is 0 Å². The highest BCUT2D eigenvalue weighted by atomic mass is 32.2. The van der Waals surface area contributed by atoms with Crippen molar-refractivity contribution in [3.05, 3.63) is 35.9 Å². The molecule has 0 aliphatic heterocycles. The third-order valence-corrected chi connectivity index (χ3v) is 4.44. The van der Waals surface area contributed by atoms with E-state index in [0.29, 0.717) is 6.07 Å². The lowest BCUT2D eigenvalue weighted by Gasteiger charge is -2.07. The summed E-state index contributed by atoms with van der Waals surface area (Å²) in [5, 5.41) is 8.72. The third-order valence-electron chi connectivity index (χ3n) is 2.71. The van der Waals surface area contributed by atoms with Gasteiger partial charge >= 0.3 is 5.97 Å². The fourth-order valence-electron chi connectivity index (χ4n) is 1.80. The van der Waals surface area contributed by atoms with E-state index >= 15 is 0 Å². The van der Waals surface area contributed by atoms with E-state index in [1.165, 1.54) is 0 Å². The van der Waals surface area contributed by atoms with Gasteiger partial charge in [0.15, 0.2) is 0 Å². The van der Waals surface area contributed by atoms with Gasteiger partial charge in [-0.25, -0.2) is 4.79 Å². The van der Waals surface area contributed by atoms with E-state index < -0.39 is 36.0 Å². The number of aromatic carboxylic acids is 1. The Balaban J connectivity index is 2.98. The summed E-state index contributed by atoms with van der Waals surface area (Å²) in [6, 6.07) is 4.75. The number of hydrogen-bond donors (Lipinski definition) is 3. The van der Waals surface area contributed by atoms with Gasteiger partial charge in [-0.05, 0) is 29.7 Å². The molecule has 2 aromatic carbocycles. The van der Waals surface area contributed by atoms with Crippen LogP contribution < -0.4 is 0 Å². The molecule has 0 unspecified atom stereocenters. The number of fused-ring (bicyclic) bond motifs is 1. The molecule has 8 nitrogen and oxygen atoms in total. The van der Waals surface area contributed by atoms with Gasteiger partial charge in [-0.3, -0.25) is 9.11 Å². The molecule has 0 saturated heterocycles. The topological polar surface area (TPSA) is 146 Å². The number of carbonyl (C=O) groups is 1. The largest absolute Gasteiger partial charge is 0.478 e. The van der Waals surface area contributed by atoms with Crippen molar-refractivity contribution in [2.75, 3.05) is 0 Å². The van der Waals surface area contributed by atoms with E-state index in [9.17, 15) is 21.6 Å². The minimum atomic E-state index is -4.77. The van der Waals surface area contributed by atoms with Crippen molar-refractivity contribution in [1.29, 1.82) is 0 Å². The van der Waals surface area contributed by atoms with Crippen molar-refractivity contribution in [3.63, 3.8) is 0 Å². The number of rotatable bonds is 3. The second-order valence-electron chi connectivity index (χ2n) is 4.11. The summed E-state index contributed by atoms with van der Waals surface area (Å²) in [7, 11) is -9.50. The Morgan fingerprint density at radius 1 is 0.905 bits per heavy atom. The van der Waals surface area contributed by atoms with Gasteiger partial charge in [0.05, 0.1) is 10.5 Å². The van der Waals surface area contributed by atoms with E-state index in [2.05, 4.69) is 0 Å². The lowest BCUT2D eigenvalue weighted by atomic mass is 10.1. The molecule has 0 radical (unpaired) electrons. The Kier molecular flexibility index (Phi) is 3.49. The minimum Gasteiger partial charge on any atom is -0.478 e. The molecule has 21 heavy (non-hydrogen) atoms. The summed E-state index contributed by atoms with van der Waals surface area (Å²) < 4.78 is 63.0. The SMILES string of the molecule is O=C(O)c1ccc2c(S(=O)(=O)O)cc(S(=O)(=O)O)cc2c1. The molecule has 2 aromatic rings. The van der Waals surface area contributed by atoms with Gasteiger partial charge in [-0.15, -0.1) is 0 Å². The van der Waals surface area contributed by atoms with Crippen LogP contribution in [0.1, 0.15) is 10.4 Å². The Labute approximate surface area is 119 Å². The molecule has 0 fully saturated rings. The Hall–Kier alpha value is -2.01. The average molecular weight is 332 g/mol. The first-order valence-corrected chi connectivity index (χ1v) is 8.14. The first kappa shape index (κ1) is 15.4. The van der Waals surface area contributed by atoms with Crippen LogP contribution in [0.3, 0.4) is 0 Å². The third kappa shape index (κ3) is 3.03. The molecule has 0 saturated carbocycles. The zero-order chi connectivity index (χ0) is 16.0. The number of hydrogen-bond acceptors (Lipinski definition) is 5. The van der Waals surface area contributed by atoms with Gasteiger partial charge in [0.25, 0.3) is 20.2 Å². The molecule has 0 bridgehead atoms. The molecule has 0 heterocycles. The van der Waals surface area contributed by atoms with Crippen molar-refractivity contribution in [2.24, 2.45) is 0 Å². The maximum Gasteiger partial charge on any atom is 0.335 e. The van der Waals surface area contributed by atoms with E-state index in [4.69, 9.17) is 14.2 Å². The van der Waals surface area contributed by atoms with Crippen molar-refractivity contribution in [1.82, 2.24) is 0 Å². The molecular weight excluding hydrogens is 324 g/mol. The van der Waals surface area contributed by atoms with Gasteiger partial charge in [0, 0.05) is 5.39 Å². The highest BCUT2D eigenvalue weighted by Crippen LogP contribution is 2.28. The van der Waals surface area contributed by atoms with Crippen LogP contribution in [0.25, 0.3) is 10.8 Å². The van der Waals surface area contributed by atoms with Crippen LogP contribution in [0.2, 0.25) is 0 Å². The first-order valence-electron chi connectivity index (χ1n) is 5.26. The zero-order valence-corrected chi connectivity index (χ0v) is 11.7. The van der Waals surface area contributed by atoms with Crippen LogP contribution in [-0.4, -0.2) is 37.0 Å². The van der Waals surface area contributed by atoms with Crippen LogP contribution in [0, 0.1) is 0 Å². The van der Waals surface area contributed by atoms with Crippen LogP contribution in [-0.2, 0) is 20.2 Å². The lowest BCUT2D eigenvalue weighted by Crippen LogP contribution is -2.05. The standard InChI is InChI=1S/C11H8O8S2/c12-11(13)6-1-2-9-7(3-6)4-8(20(14,15)16)5-10(9)21(17,18)19/h1-5H,(H,12,13)(H,14,15,16)(H,17,18,19). The Morgan fingerprint density at radius 3 is 2.00 bits per heavy atom. The molecule has 0 spiro atoms. The Morgan fingerprint density at radius 2 is 1.52 bits per heavy atom. The number of carboxylic acid groups (broad SMARTS) is 1. The molecule has 0 aromatic heterocycles. The minimum absolute atomic E-state index is 0.0716. The van der Waals surface area contributed by atoms with Gasteiger partial charge < -0.3 is 5.11 Å². The van der Waals surface area contributed by atoms with E-state index in [1.807, 2.05) is 0 Å². The fourth-order valence-corrected chi connectivity index (χ4v) is 3.16. The Bertz CT molecular complexity index is 957. The normalized spacial score (nSPS) is 12.5. The summed E-state index contributed by atoms with van der Waals surface area (Å²) in [4.78, 5) is 9.35. The predicted molar refractivity (Wildman–Crippen MR) is 70.5 cm³/mol. The molecule has 0 aliphatic carbocycles. The van der Waals surface area contributed by atoms with E-state index in [1.54, 1.807) is 0 Å². The molecule has 0 amide bonds. The van der Waals surface area contributed by atoms with Gasteiger partial charge in [0.2, 0.25) is 0 Å². The van der Waals surface area contributed by atoms with Crippen molar-refractivity contribution >= 4 is 37.0 Å². The van der Waals surface area contributed by atoms with Crippen molar-refractivity contribution in [2.45, 2.75) is 9.79 Å². The summed E-state index contributed by atoms with van der Waals surface area (Å²) in [5.41, 5.74) is -0.212. The zero-order valence-electron chi connectivity index (χ0n) is 10.1. The van der Waals surface area contributed by atoms with E-state index in [0.717, 1.165) is 24.3 Å². The maximum absolute atomic E-state index is 11.3. The molecule has 10 heteroatoms. The lowest BCUT2D eigenvalue weighted by molar-refractivity contribution is 0.0697. The molecule has 3 N–H and O–H groups in total. The molecule has 112 valence electrons. The van der Waals surface area contributed by atoms with Crippen molar-refractivity contribution < 1.29 is 35.8 Å². The second kappa shape index (κ2) is 4.77. The van der Waals surface area contributed by atoms with Gasteiger partial charge in [0.1, 0.15) is 4.90 Å². The highest BCUT2D eigenvalue weighted by Gasteiger charge is 2.20. The highest BCUT2D eigenvalue weighted by molar-refractivity contribution is 7.86.